The van der Waals surface area contributed by atoms with Gasteiger partial charge in [0, 0.05) is 5.92 Å². The molecule has 0 bridgehead atoms. The summed E-state index contributed by atoms with van der Waals surface area (Å²) in [5.41, 5.74) is 0. The van der Waals surface area contributed by atoms with Crippen LogP contribution in [0, 0.1) is 5.92 Å². The molecule has 0 fully saturated rings. The highest BCUT2D eigenvalue weighted by molar-refractivity contribution is 7.87. The molecule has 0 saturated carbocycles. The maximum absolute atomic E-state index is 10.5. The topological polar surface area (TPSA) is 112 Å². The number of rotatable bonds is 3. The molecule has 0 spiro atoms. The summed E-state index contributed by atoms with van der Waals surface area (Å²) in [5, 5.41) is 17.4. The SMILES string of the molecule is CC(C)C(O)(C(=O)O)S(=O)(=O)O. The van der Waals surface area contributed by atoms with Crippen LogP contribution in [0.3, 0.4) is 0 Å². The molecule has 72 valence electrons. The van der Waals surface area contributed by atoms with Gasteiger partial charge in [0.2, 0.25) is 0 Å². The van der Waals surface area contributed by atoms with E-state index in [0.717, 1.165) is 0 Å². The van der Waals surface area contributed by atoms with Crippen molar-refractivity contribution in [2.75, 3.05) is 0 Å². The maximum atomic E-state index is 10.5. The van der Waals surface area contributed by atoms with Crippen LogP contribution in [0.5, 0.6) is 0 Å². The Morgan fingerprint density at radius 3 is 1.75 bits per heavy atom. The molecule has 0 aliphatic rings. The summed E-state index contributed by atoms with van der Waals surface area (Å²) in [6, 6.07) is 0. The largest absolute Gasteiger partial charge is 0.478 e. The number of carboxylic acids is 1. The van der Waals surface area contributed by atoms with Crippen LogP contribution in [0.2, 0.25) is 0 Å². The van der Waals surface area contributed by atoms with Crippen LogP contribution in [0.1, 0.15) is 13.8 Å². The van der Waals surface area contributed by atoms with Crippen molar-refractivity contribution in [2.45, 2.75) is 18.8 Å². The average molecular weight is 198 g/mol. The Kier molecular flexibility index (Phi) is 2.83. The van der Waals surface area contributed by atoms with Crippen LogP contribution < -0.4 is 0 Å². The van der Waals surface area contributed by atoms with E-state index in [-0.39, 0.29) is 0 Å². The zero-order chi connectivity index (χ0) is 10.2. The van der Waals surface area contributed by atoms with Crippen molar-refractivity contribution in [3.8, 4) is 0 Å². The molecule has 0 aromatic carbocycles. The van der Waals surface area contributed by atoms with Gasteiger partial charge in [-0.2, -0.15) is 8.42 Å². The third-order valence-corrected chi connectivity index (χ3v) is 2.91. The lowest BCUT2D eigenvalue weighted by atomic mass is 10.1. The highest BCUT2D eigenvalue weighted by atomic mass is 32.2. The first-order chi connectivity index (χ1) is 5.14. The minimum absolute atomic E-state index is 1.13. The van der Waals surface area contributed by atoms with Gasteiger partial charge in [-0.1, -0.05) is 13.8 Å². The second kappa shape index (κ2) is 3.00. The molecule has 0 saturated heterocycles. The first-order valence-corrected chi connectivity index (χ1v) is 4.50. The molecule has 7 heteroatoms. The van der Waals surface area contributed by atoms with E-state index in [4.69, 9.17) is 14.8 Å². The van der Waals surface area contributed by atoms with Crippen LogP contribution in [-0.2, 0) is 14.9 Å². The lowest BCUT2D eigenvalue weighted by Gasteiger charge is -2.23. The zero-order valence-electron chi connectivity index (χ0n) is 6.55. The fraction of sp³-hybridized carbons (Fsp3) is 0.800. The lowest BCUT2D eigenvalue weighted by molar-refractivity contribution is -0.153. The second-order valence-corrected chi connectivity index (χ2v) is 4.20. The van der Waals surface area contributed by atoms with Crippen LogP contribution in [-0.4, -0.2) is 34.1 Å². The van der Waals surface area contributed by atoms with Gasteiger partial charge in [-0.25, -0.2) is 4.79 Å². The van der Waals surface area contributed by atoms with Crippen molar-refractivity contribution in [1.82, 2.24) is 0 Å². The molecule has 1 unspecified atom stereocenters. The summed E-state index contributed by atoms with van der Waals surface area (Å²) in [7, 11) is -5.01. The van der Waals surface area contributed by atoms with Crippen molar-refractivity contribution in [3.05, 3.63) is 0 Å². The predicted molar refractivity (Wildman–Crippen MR) is 39.0 cm³/mol. The Balaban J connectivity index is 5.33. The van der Waals surface area contributed by atoms with Crippen molar-refractivity contribution < 1.29 is 28.0 Å². The first kappa shape index (κ1) is 11.3. The summed E-state index contributed by atoms with van der Waals surface area (Å²) >= 11 is 0. The minimum atomic E-state index is -5.01. The Morgan fingerprint density at radius 1 is 1.42 bits per heavy atom. The molecule has 0 aliphatic carbocycles. The van der Waals surface area contributed by atoms with Gasteiger partial charge in [0.25, 0.3) is 4.93 Å². The van der Waals surface area contributed by atoms with E-state index in [1.165, 1.54) is 13.8 Å². The number of carbonyl (C=O) groups is 1. The number of carboxylic acid groups (broad SMARTS) is 1. The first-order valence-electron chi connectivity index (χ1n) is 3.06. The smallest absolute Gasteiger partial charge is 0.354 e. The summed E-state index contributed by atoms with van der Waals surface area (Å²) in [6.45, 7) is 2.34. The third kappa shape index (κ3) is 1.57. The highest BCUT2D eigenvalue weighted by Gasteiger charge is 2.51. The number of aliphatic carboxylic acids is 1. The fourth-order valence-corrected chi connectivity index (χ4v) is 1.47. The standard InChI is InChI=1S/C5H10O6S/c1-3(2)5(8,4(6)7)12(9,10)11/h3,8H,1-2H3,(H,6,7)(H,9,10,11). The van der Waals surface area contributed by atoms with Crippen molar-refractivity contribution in [3.63, 3.8) is 0 Å². The van der Waals surface area contributed by atoms with Gasteiger partial charge in [-0.15, -0.1) is 0 Å². The van der Waals surface area contributed by atoms with E-state index in [0.29, 0.717) is 0 Å². The Morgan fingerprint density at radius 2 is 1.75 bits per heavy atom. The highest BCUT2D eigenvalue weighted by Crippen LogP contribution is 2.22. The number of aliphatic hydroxyl groups is 1. The minimum Gasteiger partial charge on any atom is -0.478 e. The maximum Gasteiger partial charge on any atom is 0.354 e. The summed E-state index contributed by atoms with van der Waals surface area (Å²) < 4.78 is 29.3. The molecular weight excluding hydrogens is 188 g/mol. The molecule has 0 aromatic heterocycles. The fourth-order valence-electron chi connectivity index (χ4n) is 0.655. The van der Waals surface area contributed by atoms with Crippen LogP contribution in [0.15, 0.2) is 0 Å². The van der Waals surface area contributed by atoms with Gasteiger partial charge in [-0.05, 0) is 0 Å². The molecule has 1 atom stereocenters. The summed E-state index contributed by atoms with van der Waals surface area (Å²) in [5.74, 6) is -3.12. The molecule has 0 aromatic rings. The normalized spacial score (nSPS) is 17.4. The van der Waals surface area contributed by atoms with Crippen molar-refractivity contribution >= 4 is 16.1 Å². The van der Waals surface area contributed by atoms with Crippen LogP contribution >= 0.6 is 0 Å². The number of hydrogen-bond acceptors (Lipinski definition) is 4. The molecule has 12 heavy (non-hydrogen) atoms. The van der Waals surface area contributed by atoms with E-state index in [9.17, 15) is 13.2 Å². The van der Waals surface area contributed by atoms with Crippen LogP contribution in [0.4, 0.5) is 0 Å². The van der Waals surface area contributed by atoms with Gasteiger partial charge in [0.1, 0.15) is 0 Å². The number of hydrogen-bond donors (Lipinski definition) is 3. The lowest BCUT2D eigenvalue weighted by Crippen LogP contribution is -2.50. The molecular formula is C5H10O6S. The van der Waals surface area contributed by atoms with E-state index in [2.05, 4.69) is 0 Å². The summed E-state index contributed by atoms with van der Waals surface area (Å²) in [4.78, 5) is 7.20. The molecule has 0 heterocycles. The van der Waals surface area contributed by atoms with Crippen molar-refractivity contribution in [2.24, 2.45) is 5.92 Å². The van der Waals surface area contributed by atoms with Crippen molar-refractivity contribution in [1.29, 1.82) is 0 Å². The van der Waals surface area contributed by atoms with Gasteiger partial charge >= 0.3 is 16.1 Å². The average Bonchev–Trinajstić information content (AvgIpc) is 1.82. The Hall–Kier alpha value is -0.660. The third-order valence-electron chi connectivity index (χ3n) is 1.48. The van der Waals surface area contributed by atoms with Crippen LogP contribution in [0.25, 0.3) is 0 Å². The summed E-state index contributed by atoms with van der Waals surface area (Å²) in [6.07, 6.45) is 0. The molecule has 0 amide bonds. The van der Waals surface area contributed by atoms with Gasteiger partial charge in [0.05, 0.1) is 0 Å². The second-order valence-electron chi connectivity index (χ2n) is 2.63. The van der Waals surface area contributed by atoms with Gasteiger partial charge < -0.3 is 10.2 Å². The van der Waals surface area contributed by atoms with E-state index < -0.39 is 26.9 Å². The molecule has 0 aliphatic heterocycles. The zero-order valence-corrected chi connectivity index (χ0v) is 7.37. The molecule has 0 radical (unpaired) electrons. The molecule has 6 nitrogen and oxygen atoms in total. The van der Waals surface area contributed by atoms with Gasteiger partial charge in [-0.3, -0.25) is 4.55 Å². The van der Waals surface area contributed by atoms with E-state index in [1.807, 2.05) is 0 Å². The quantitative estimate of drug-likeness (QED) is 0.517. The Bertz CT molecular complexity index is 278. The predicted octanol–water partition coefficient (Wildman–Crippen LogP) is -0.697. The van der Waals surface area contributed by atoms with E-state index >= 15 is 0 Å². The monoisotopic (exact) mass is 198 g/mol. The molecule has 0 rings (SSSR count). The Labute approximate surface area is 69.6 Å². The van der Waals surface area contributed by atoms with E-state index in [1.54, 1.807) is 0 Å². The molecule has 3 N–H and O–H groups in total. The van der Waals surface area contributed by atoms with Gasteiger partial charge in [0.15, 0.2) is 0 Å².